The van der Waals surface area contributed by atoms with Crippen LogP contribution in [-0.2, 0) is 9.47 Å². The smallest absolute Gasteiger partial charge is 0.152 e. The monoisotopic (exact) mass is 501 g/mol. The molecule has 0 aromatic carbocycles. The number of nitrogens with zero attached hydrogens (tertiary/aromatic N) is 8. The summed E-state index contributed by atoms with van der Waals surface area (Å²) in [6.07, 6.45) is 7.12. The van der Waals surface area contributed by atoms with Gasteiger partial charge in [0.15, 0.2) is 5.82 Å². The van der Waals surface area contributed by atoms with Crippen LogP contribution >= 0.6 is 0 Å². The summed E-state index contributed by atoms with van der Waals surface area (Å²) in [4.78, 5) is 13.9. The fourth-order valence-corrected chi connectivity index (χ4v) is 5.72. The van der Waals surface area contributed by atoms with E-state index in [9.17, 15) is 0 Å². The molecule has 2 N–H and O–H groups in total. The highest BCUT2D eigenvalue weighted by Crippen LogP contribution is 2.37. The predicted octanol–water partition coefficient (Wildman–Crippen LogP) is 2.11. The van der Waals surface area contributed by atoms with Gasteiger partial charge >= 0.3 is 0 Å². The van der Waals surface area contributed by atoms with Gasteiger partial charge in [-0.3, -0.25) is 9.58 Å². The van der Waals surface area contributed by atoms with Crippen molar-refractivity contribution in [3.05, 3.63) is 43.0 Å². The van der Waals surface area contributed by atoms with Crippen molar-refractivity contribution in [1.29, 1.82) is 0 Å². The van der Waals surface area contributed by atoms with Gasteiger partial charge < -0.3 is 20.1 Å². The second-order valence-electron chi connectivity index (χ2n) is 9.97. The first-order valence-electron chi connectivity index (χ1n) is 13.0. The van der Waals surface area contributed by atoms with Crippen LogP contribution in [0.2, 0.25) is 0 Å². The van der Waals surface area contributed by atoms with Gasteiger partial charge in [0.25, 0.3) is 0 Å². The third kappa shape index (κ3) is 4.03. The van der Waals surface area contributed by atoms with Crippen molar-refractivity contribution in [2.45, 2.75) is 24.9 Å². The van der Waals surface area contributed by atoms with E-state index < -0.39 is 0 Å². The van der Waals surface area contributed by atoms with E-state index >= 15 is 0 Å². The summed E-state index contributed by atoms with van der Waals surface area (Å²) in [6.45, 7) is 7.17. The molecule has 0 unspecified atom stereocenters. The number of ether oxygens (including phenoxy) is 2. The largest absolute Gasteiger partial charge is 0.382 e. The first-order valence-corrected chi connectivity index (χ1v) is 13.0. The van der Waals surface area contributed by atoms with Crippen LogP contribution in [0.4, 0.5) is 11.6 Å². The lowest BCUT2D eigenvalue weighted by molar-refractivity contribution is -0.0660. The highest BCUT2D eigenvalue weighted by molar-refractivity contribution is 5.91. The second-order valence-corrected chi connectivity index (χ2v) is 9.97. The number of anilines is 2. The zero-order valence-corrected chi connectivity index (χ0v) is 20.7. The minimum absolute atomic E-state index is 0.292. The quantitative estimate of drug-likeness (QED) is 0.439. The van der Waals surface area contributed by atoms with Gasteiger partial charge in [0, 0.05) is 62.9 Å². The van der Waals surface area contributed by atoms with E-state index in [1.54, 1.807) is 0 Å². The number of rotatable bonds is 5. The van der Waals surface area contributed by atoms with Crippen molar-refractivity contribution < 1.29 is 9.47 Å². The lowest BCUT2D eigenvalue weighted by Crippen LogP contribution is -2.56. The minimum Gasteiger partial charge on any atom is -0.382 e. The molecule has 4 aromatic rings. The molecule has 0 radical (unpaired) electrons. The molecule has 11 nitrogen and oxygen atoms in total. The Balaban J connectivity index is 1.24. The first-order chi connectivity index (χ1) is 18.3. The predicted molar refractivity (Wildman–Crippen MR) is 139 cm³/mol. The molecule has 3 fully saturated rings. The van der Waals surface area contributed by atoms with Crippen molar-refractivity contribution in [2.24, 2.45) is 0 Å². The molecule has 0 aliphatic carbocycles. The highest BCUT2D eigenvalue weighted by atomic mass is 16.5. The molecular formula is C26H31N9O2. The Hall–Kier alpha value is -3.54. The Bertz CT molecular complexity index is 1400. The highest BCUT2D eigenvalue weighted by Gasteiger charge is 2.29. The van der Waals surface area contributed by atoms with Crippen molar-refractivity contribution in [2.75, 3.05) is 63.2 Å². The van der Waals surface area contributed by atoms with Crippen LogP contribution in [0.3, 0.4) is 0 Å². The minimum atomic E-state index is 0.292. The van der Waals surface area contributed by atoms with E-state index in [0.717, 1.165) is 99.3 Å². The summed E-state index contributed by atoms with van der Waals surface area (Å²) in [5.41, 5.74) is 11.2. The molecule has 0 saturated carbocycles. The van der Waals surface area contributed by atoms with Gasteiger partial charge in [-0.05, 0) is 37.1 Å². The van der Waals surface area contributed by atoms with Crippen LogP contribution in [0.5, 0.6) is 0 Å². The number of nitrogens with two attached hydrogens (primary N) is 1. The average Bonchev–Trinajstić information content (AvgIpc) is 3.55. The van der Waals surface area contributed by atoms with Crippen molar-refractivity contribution in [1.82, 2.24) is 34.3 Å². The molecular weight excluding hydrogens is 470 g/mol. The Morgan fingerprint density at radius 3 is 2.46 bits per heavy atom. The standard InChI is InChI=1S/C26H31N9O2/c27-26-25-21(22-2-6-30-34(22)19-3-11-36-12-4-19)14-23(35(25)31-17-29-26)18-1-5-28-24(13-18)33-9-7-32(8-10-33)20-15-37-16-20/h1-2,5-6,13-14,17,19-20H,3-4,7-12,15-16H2,(H2,27,29,31). The van der Waals surface area contributed by atoms with E-state index in [-0.39, 0.29) is 0 Å². The summed E-state index contributed by atoms with van der Waals surface area (Å²) >= 11 is 0. The normalized spacial score (nSPS) is 19.9. The Morgan fingerprint density at radius 1 is 0.838 bits per heavy atom. The summed E-state index contributed by atoms with van der Waals surface area (Å²) < 4.78 is 15.0. The average molecular weight is 502 g/mol. The van der Waals surface area contributed by atoms with Crippen LogP contribution in [0.15, 0.2) is 43.0 Å². The molecule has 3 aliphatic heterocycles. The van der Waals surface area contributed by atoms with E-state index in [2.05, 4.69) is 41.8 Å². The Labute approximate surface area is 214 Å². The maximum absolute atomic E-state index is 6.43. The van der Waals surface area contributed by atoms with Gasteiger partial charge in [-0.2, -0.15) is 10.2 Å². The van der Waals surface area contributed by atoms with Crippen LogP contribution in [0.1, 0.15) is 18.9 Å². The van der Waals surface area contributed by atoms with E-state index in [1.807, 2.05) is 29.0 Å². The molecule has 37 heavy (non-hydrogen) atoms. The topological polar surface area (TPSA) is 112 Å². The second kappa shape index (κ2) is 9.40. The Kier molecular flexibility index (Phi) is 5.75. The van der Waals surface area contributed by atoms with Crippen molar-refractivity contribution in [3.8, 4) is 22.5 Å². The van der Waals surface area contributed by atoms with Gasteiger partial charge in [0.05, 0.1) is 36.7 Å². The number of piperazine rings is 1. The van der Waals surface area contributed by atoms with Gasteiger partial charge in [0.2, 0.25) is 0 Å². The van der Waals surface area contributed by atoms with Gasteiger partial charge in [-0.15, -0.1) is 0 Å². The van der Waals surface area contributed by atoms with Gasteiger partial charge in [0.1, 0.15) is 17.7 Å². The lowest BCUT2D eigenvalue weighted by Gasteiger charge is -2.42. The number of hydrogen-bond acceptors (Lipinski definition) is 9. The fourth-order valence-electron chi connectivity index (χ4n) is 5.72. The molecule has 0 atom stereocenters. The Morgan fingerprint density at radius 2 is 1.68 bits per heavy atom. The third-order valence-corrected chi connectivity index (χ3v) is 7.88. The molecule has 7 rings (SSSR count). The number of pyridine rings is 1. The fraction of sp³-hybridized carbons (Fsp3) is 0.462. The van der Waals surface area contributed by atoms with Crippen molar-refractivity contribution >= 4 is 17.2 Å². The summed E-state index contributed by atoms with van der Waals surface area (Å²) in [5, 5.41) is 9.28. The zero-order chi connectivity index (χ0) is 24.8. The van der Waals surface area contributed by atoms with Crippen molar-refractivity contribution in [3.63, 3.8) is 0 Å². The van der Waals surface area contributed by atoms with Gasteiger partial charge in [-0.25, -0.2) is 14.5 Å². The maximum atomic E-state index is 6.43. The molecule has 3 saturated heterocycles. The van der Waals surface area contributed by atoms with Crippen LogP contribution in [0, 0.1) is 0 Å². The number of fused-ring (bicyclic) bond motifs is 1. The first kappa shape index (κ1) is 22.6. The van der Waals surface area contributed by atoms with Crippen LogP contribution < -0.4 is 10.6 Å². The summed E-state index contributed by atoms with van der Waals surface area (Å²) in [5.74, 6) is 1.43. The maximum Gasteiger partial charge on any atom is 0.152 e. The molecule has 3 aliphatic rings. The number of nitrogen functional groups attached to an aromatic ring is 1. The summed E-state index contributed by atoms with van der Waals surface area (Å²) in [6, 6.07) is 9.26. The van der Waals surface area contributed by atoms with E-state index in [1.165, 1.54) is 6.33 Å². The molecule has 192 valence electrons. The van der Waals surface area contributed by atoms with Crippen LogP contribution in [0.25, 0.3) is 28.0 Å². The SMILES string of the molecule is Nc1ncnn2c(-c3ccnc(N4CCN(C5COC5)CC4)c3)cc(-c3ccnn3C3CCOCC3)c12. The molecule has 11 heteroatoms. The number of aromatic nitrogens is 6. The molecule has 7 heterocycles. The van der Waals surface area contributed by atoms with Crippen LogP contribution in [-0.4, -0.2) is 92.9 Å². The summed E-state index contributed by atoms with van der Waals surface area (Å²) in [7, 11) is 0. The van der Waals surface area contributed by atoms with E-state index in [4.69, 9.17) is 20.2 Å². The van der Waals surface area contributed by atoms with E-state index in [0.29, 0.717) is 17.9 Å². The number of hydrogen-bond donors (Lipinski definition) is 1. The zero-order valence-electron chi connectivity index (χ0n) is 20.7. The third-order valence-electron chi connectivity index (χ3n) is 7.88. The molecule has 0 bridgehead atoms. The molecule has 0 spiro atoms. The molecule has 4 aromatic heterocycles. The molecule has 0 amide bonds. The lowest BCUT2D eigenvalue weighted by atomic mass is 10.1. The van der Waals surface area contributed by atoms with Gasteiger partial charge in [-0.1, -0.05) is 0 Å².